The van der Waals surface area contributed by atoms with Gasteiger partial charge >= 0.3 is 0 Å². The number of halogens is 1. The van der Waals surface area contributed by atoms with Gasteiger partial charge in [0, 0.05) is 0 Å². The Kier molecular flexibility index (Phi) is 1.32. The van der Waals surface area contributed by atoms with Gasteiger partial charge in [0.25, 0.3) is 0 Å². The van der Waals surface area contributed by atoms with E-state index in [2.05, 4.69) is 26.2 Å². The van der Waals surface area contributed by atoms with Crippen molar-refractivity contribution in [3.05, 3.63) is 10.7 Å². The van der Waals surface area contributed by atoms with E-state index in [9.17, 15) is 0 Å². The Labute approximate surface area is 49.6 Å². The maximum absolute atomic E-state index is 5.23. The minimum Gasteiger partial charge on any atom is -0.301 e. The highest BCUT2D eigenvalue weighted by atomic mass is 79.9. The molecule has 0 bridgehead atoms. The molecular weight excluding hydrogens is 160 g/mol. The molecular formula is C3H5BrN2O. The van der Waals surface area contributed by atoms with Crippen LogP contribution < -0.4 is 11.2 Å². The van der Waals surface area contributed by atoms with Gasteiger partial charge in [-0.15, -0.1) is 0 Å². The van der Waals surface area contributed by atoms with Crippen LogP contribution in [0.5, 0.6) is 0 Å². The second kappa shape index (κ2) is 1.81. The third-order valence-corrected chi connectivity index (χ3v) is 1.03. The predicted molar refractivity (Wildman–Crippen MR) is 29.2 cm³/mol. The predicted octanol–water partition coefficient (Wildman–Crippen LogP) is 0.0423. The van der Waals surface area contributed by atoms with E-state index in [0.717, 1.165) is 4.61 Å². The van der Waals surface area contributed by atoms with E-state index < -0.39 is 0 Å². The molecule has 0 aromatic heterocycles. The first-order valence-corrected chi connectivity index (χ1v) is 2.63. The molecule has 0 aromatic carbocycles. The molecule has 0 saturated carbocycles. The number of nitrogens with one attached hydrogen (secondary N) is 1. The van der Waals surface area contributed by atoms with Gasteiger partial charge < -0.3 is 5.73 Å². The maximum atomic E-state index is 5.23. The van der Waals surface area contributed by atoms with Gasteiger partial charge in [-0.1, -0.05) is 0 Å². The number of rotatable bonds is 0. The number of hydrogen-bond acceptors (Lipinski definition) is 3. The molecule has 3 N–H and O–H groups in total. The molecule has 1 aliphatic rings. The molecule has 0 fully saturated rings. The lowest BCUT2D eigenvalue weighted by molar-refractivity contribution is 0.0502. The van der Waals surface area contributed by atoms with Crippen LogP contribution in [0.3, 0.4) is 0 Å². The summed E-state index contributed by atoms with van der Waals surface area (Å²) in [6.45, 7) is 0. The Morgan fingerprint density at radius 2 is 2.71 bits per heavy atom. The van der Waals surface area contributed by atoms with E-state index in [1.807, 2.05) is 0 Å². The van der Waals surface area contributed by atoms with Gasteiger partial charge in [0.1, 0.15) is 4.61 Å². The van der Waals surface area contributed by atoms with Crippen LogP contribution in [0.15, 0.2) is 10.7 Å². The summed E-state index contributed by atoms with van der Waals surface area (Å²) in [5.74, 6) is 0. The summed E-state index contributed by atoms with van der Waals surface area (Å²) in [6, 6.07) is 0. The molecule has 1 aliphatic heterocycles. The van der Waals surface area contributed by atoms with Gasteiger partial charge in [0.05, 0.1) is 0 Å². The van der Waals surface area contributed by atoms with Crippen LogP contribution in [0.1, 0.15) is 0 Å². The fourth-order valence-electron chi connectivity index (χ4n) is 0.337. The summed E-state index contributed by atoms with van der Waals surface area (Å²) in [6.07, 6.45) is 1.43. The molecule has 1 heterocycles. The second-order valence-corrected chi connectivity index (χ2v) is 2.05. The smallest absolute Gasteiger partial charge is 0.155 e. The van der Waals surface area contributed by atoms with Gasteiger partial charge in [-0.05, 0) is 22.0 Å². The minimum atomic E-state index is -0.297. The highest BCUT2D eigenvalue weighted by Gasteiger charge is 2.06. The largest absolute Gasteiger partial charge is 0.301 e. The van der Waals surface area contributed by atoms with Crippen LogP contribution in [0.25, 0.3) is 0 Å². The zero-order chi connectivity index (χ0) is 5.28. The van der Waals surface area contributed by atoms with Crippen molar-refractivity contribution in [2.45, 2.75) is 6.23 Å². The Balaban J connectivity index is 2.50. The first kappa shape index (κ1) is 5.08. The molecule has 1 atom stereocenters. The van der Waals surface area contributed by atoms with E-state index in [1.165, 1.54) is 0 Å². The van der Waals surface area contributed by atoms with Gasteiger partial charge in [-0.2, -0.15) is 0 Å². The van der Waals surface area contributed by atoms with E-state index in [0.29, 0.717) is 0 Å². The van der Waals surface area contributed by atoms with E-state index >= 15 is 0 Å². The monoisotopic (exact) mass is 164 g/mol. The lowest BCUT2D eigenvalue weighted by Gasteiger charge is -1.95. The zero-order valence-corrected chi connectivity index (χ0v) is 5.10. The van der Waals surface area contributed by atoms with E-state index in [1.54, 1.807) is 6.08 Å². The fourth-order valence-corrected chi connectivity index (χ4v) is 0.691. The van der Waals surface area contributed by atoms with Crippen molar-refractivity contribution in [2.24, 2.45) is 5.73 Å². The van der Waals surface area contributed by atoms with Crippen molar-refractivity contribution in [2.75, 3.05) is 0 Å². The summed E-state index contributed by atoms with van der Waals surface area (Å²) in [5, 5.41) is 0. The van der Waals surface area contributed by atoms with Gasteiger partial charge in [0.2, 0.25) is 0 Å². The molecule has 0 spiro atoms. The average molecular weight is 165 g/mol. The molecule has 1 rings (SSSR count). The third-order valence-electron chi connectivity index (χ3n) is 0.603. The molecule has 4 heteroatoms. The van der Waals surface area contributed by atoms with Crippen molar-refractivity contribution < 1.29 is 4.84 Å². The fraction of sp³-hybridized carbons (Fsp3) is 0.333. The van der Waals surface area contributed by atoms with Crippen LogP contribution in [0, 0.1) is 0 Å². The van der Waals surface area contributed by atoms with Crippen molar-refractivity contribution in [3.8, 4) is 0 Å². The van der Waals surface area contributed by atoms with E-state index in [4.69, 9.17) is 5.73 Å². The number of hydrogen-bond donors (Lipinski definition) is 2. The third kappa shape index (κ3) is 1.15. The first-order chi connectivity index (χ1) is 3.29. The Morgan fingerprint density at radius 3 is 2.86 bits per heavy atom. The van der Waals surface area contributed by atoms with E-state index in [-0.39, 0.29) is 6.23 Å². The van der Waals surface area contributed by atoms with Crippen LogP contribution in [0.2, 0.25) is 0 Å². The number of hydroxylamine groups is 1. The maximum Gasteiger partial charge on any atom is 0.155 e. The minimum absolute atomic E-state index is 0.297. The zero-order valence-electron chi connectivity index (χ0n) is 3.52. The van der Waals surface area contributed by atoms with Crippen LogP contribution in [0.4, 0.5) is 0 Å². The van der Waals surface area contributed by atoms with Crippen molar-refractivity contribution >= 4 is 15.9 Å². The lowest BCUT2D eigenvalue weighted by atomic mass is 10.6. The topological polar surface area (TPSA) is 47.3 Å². The summed E-state index contributed by atoms with van der Waals surface area (Å²) in [5.41, 5.74) is 7.76. The molecule has 40 valence electrons. The van der Waals surface area contributed by atoms with Gasteiger partial charge in [0.15, 0.2) is 6.23 Å². The Bertz CT molecular complexity index is 103. The van der Waals surface area contributed by atoms with Crippen molar-refractivity contribution in [1.29, 1.82) is 0 Å². The van der Waals surface area contributed by atoms with Crippen LogP contribution in [-0.4, -0.2) is 6.23 Å². The molecule has 0 saturated heterocycles. The molecule has 3 nitrogen and oxygen atoms in total. The molecule has 7 heavy (non-hydrogen) atoms. The molecule has 0 radical (unpaired) electrons. The van der Waals surface area contributed by atoms with Crippen molar-refractivity contribution in [1.82, 2.24) is 5.48 Å². The normalized spacial score (nSPS) is 29.4. The first-order valence-electron chi connectivity index (χ1n) is 1.83. The standard InChI is InChI=1S/C3H5BrN2O/c4-2-1-3(5)7-6-2/h1,3,6H,5H2. The Hall–Kier alpha value is -0.0600. The molecule has 1 unspecified atom stereocenters. The SMILES string of the molecule is NC1C=C(Br)NO1. The molecule has 0 amide bonds. The highest BCUT2D eigenvalue weighted by Crippen LogP contribution is 2.06. The van der Waals surface area contributed by atoms with Gasteiger partial charge in [-0.3, -0.25) is 10.3 Å². The Morgan fingerprint density at radius 1 is 2.00 bits per heavy atom. The summed E-state index contributed by atoms with van der Waals surface area (Å²) < 4.78 is 0.792. The average Bonchev–Trinajstić information content (AvgIpc) is 1.87. The summed E-state index contributed by atoms with van der Waals surface area (Å²) >= 11 is 3.12. The van der Waals surface area contributed by atoms with Crippen LogP contribution in [-0.2, 0) is 4.84 Å². The summed E-state index contributed by atoms with van der Waals surface area (Å²) in [4.78, 5) is 4.65. The quantitative estimate of drug-likeness (QED) is 0.498. The molecule has 0 aliphatic carbocycles. The second-order valence-electron chi connectivity index (χ2n) is 1.20. The highest BCUT2D eigenvalue weighted by molar-refractivity contribution is 9.11. The van der Waals surface area contributed by atoms with Crippen LogP contribution >= 0.6 is 15.9 Å². The summed E-state index contributed by atoms with van der Waals surface area (Å²) in [7, 11) is 0. The van der Waals surface area contributed by atoms with Crippen molar-refractivity contribution in [3.63, 3.8) is 0 Å². The molecule has 0 aromatic rings. The van der Waals surface area contributed by atoms with Gasteiger partial charge in [-0.25, -0.2) is 0 Å². The number of nitrogens with two attached hydrogens (primary N) is 1. The lowest BCUT2D eigenvalue weighted by Crippen LogP contribution is -2.20.